The smallest absolute Gasteiger partial charge is 0.387 e. The van der Waals surface area contributed by atoms with Gasteiger partial charge < -0.3 is 15.0 Å². The minimum atomic E-state index is -2.84. The lowest BCUT2D eigenvalue weighted by molar-refractivity contribution is -0.907. The van der Waals surface area contributed by atoms with Gasteiger partial charge in [0.1, 0.15) is 12.3 Å². The first-order chi connectivity index (χ1) is 11.8. The zero-order chi connectivity index (χ0) is 18.4. The van der Waals surface area contributed by atoms with Crippen molar-refractivity contribution in [2.75, 3.05) is 12.4 Å². The van der Waals surface area contributed by atoms with Gasteiger partial charge in [-0.15, -0.1) is 0 Å². The Bertz CT molecular complexity index is 710. The predicted molar refractivity (Wildman–Crippen MR) is 93.2 cm³/mol. The van der Waals surface area contributed by atoms with Crippen LogP contribution < -0.4 is 15.0 Å². The Labute approximate surface area is 150 Å². The first-order valence-corrected chi connectivity index (χ1v) is 8.15. The van der Waals surface area contributed by atoms with E-state index in [1.54, 1.807) is 36.4 Å². The highest BCUT2D eigenvalue weighted by atomic mass is 35.5. The Morgan fingerprint density at radius 2 is 1.92 bits per heavy atom. The van der Waals surface area contributed by atoms with Crippen LogP contribution in [0, 0.1) is 0 Å². The van der Waals surface area contributed by atoms with E-state index in [0.29, 0.717) is 17.3 Å². The van der Waals surface area contributed by atoms with Gasteiger partial charge >= 0.3 is 6.61 Å². The molecule has 0 fully saturated rings. The number of rotatable bonds is 7. The molecule has 0 spiro atoms. The molecule has 7 heteroatoms. The molecule has 1 amide bonds. The predicted octanol–water partition coefficient (Wildman–Crippen LogP) is 2.98. The van der Waals surface area contributed by atoms with Gasteiger partial charge in [0, 0.05) is 16.3 Å². The van der Waals surface area contributed by atoms with Crippen LogP contribution in [0.5, 0.6) is 5.75 Å². The highest BCUT2D eigenvalue weighted by Crippen LogP contribution is 2.15. The monoisotopic (exact) mass is 369 g/mol. The first-order valence-electron chi connectivity index (χ1n) is 7.77. The molecule has 0 saturated heterocycles. The van der Waals surface area contributed by atoms with E-state index in [1.165, 1.54) is 12.1 Å². The maximum Gasteiger partial charge on any atom is 0.387 e. The normalized spacial score (nSPS) is 13.4. The van der Waals surface area contributed by atoms with Gasteiger partial charge in [-0.05, 0) is 49.4 Å². The Morgan fingerprint density at radius 1 is 1.24 bits per heavy atom. The van der Waals surface area contributed by atoms with Crippen molar-refractivity contribution in [3.63, 3.8) is 0 Å². The van der Waals surface area contributed by atoms with Crippen LogP contribution in [0.15, 0.2) is 48.5 Å². The van der Waals surface area contributed by atoms with Crippen LogP contribution in [0.3, 0.4) is 0 Å². The van der Waals surface area contributed by atoms with Crippen LogP contribution in [-0.4, -0.2) is 25.6 Å². The number of amides is 1. The highest BCUT2D eigenvalue weighted by molar-refractivity contribution is 6.30. The van der Waals surface area contributed by atoms with Gasteiger partial charge in [0.05, 0.1) is 7.05 Å². The fourth-order valence-corrected chi connectivity index (χ4v) is 2.49. The number of quaternary nitrogens is 1. The average Bonchev–Trinajstić information content (AvgIpc) is 2.55. The van der Waals surface area contributed by atoms with Crippen LogP contribution in [0.1, 0.15) is 12.5 Å². The lowest BCUT2D eigenvalue weighted by Crippen LogP contribution is -3.12. The maximum atomic E-state index is 12.4. The van der Waals surface area contributed by atoms with Gasteiger partial charge in [-0.25, -0.2) is 0 Å². The van der Waals surface area contributed by atoms with Crippen LogP contribution >= 0.6 is 11.6 Å². The van der Waals surface area contributed by atoms with E-state index in [0.717, 1.165) is 10.5 Å². The number of benzene rings is 2. The van der Waals surface area contributed by atoms with E-state index in [4.69, 9.17) is 11.6 Å². The van der Waals surface area contributed by atoms with Crippen molar-refractivity contribution in [2.24, 2.45) is 0 Å². The Balaban J connectivity index is 1.92. The molecule has 0 radical (unpaired) electrons. The largest absolute Gasteiger partial charge is 0.435 e. The van der Waals surface area contributed by atoms with E-state index in [9.17, 15) is 13.6 Å². The van der Waals surface area contributed by atoms with Gasteiger partial charge in [0.15, 0.2) is 6.04 Å². The van der Waals surface area contributed by atoms with Crippen molar-refractivity contribution in [1.82, 2.24) is 0 Å². The number of likely N-dealkylation sites (N-methyl/N-ethyl adjacent to an activating group) is 1. The molecular weight excluding hydrogens is 350 g/mol. The molecule has 0 bridgehead atoms. The second kappa shape index (κ2) is 8.78. The molecule has 2 aromatic rings. The second-order valence-electron chi connectivity index (χ2n) is 5.77. The number of carbonyl (C=O) groups excluding carboxylic acids is 1. The van der Waals surface area contributed by atoms with Crippen molar-refractivity contribution >= 4 is 23.2 Å². The zero-order valence-electron chi connectivity index (χ0n) is 13.9. The fourth-order valence-electron chi connectivity index (χ4n) is 2.30. The lowest BCUT2D eigenvalue weighted by Gasteiger charge is -2.21. The van der Waals surface area contributed by atoms with Crippen LogP contribution in [0.2, 0.25) is 5.02 Å². The number of hydrogen-bond donors (Lipinski definition) is 2. The molecule has 134 valence electrons. The van der Waals surface area contributed by atoms with E-state index in [1.807, 2.05) is 14.0 Å². The average molecular weight is 370 g/mol. The molecule has 2 atom stereocenters. The maximum absolute atomic E-state index is 12.4. The number of carbonyl (C=O) groups is 1. The minimum absolute atomic E-state index is 0.114. The molecule has 0 aliphatic rings. The summed E-state index contributed by atoms with van der Waals surface area (Å²) < 4.78 is 28.6. The summed E-state index contributed by atoms with van der Waals surface area (Å²) >= 11 is 5.91. The molecule has 0 aliphatic carbocycles. The van der Waals surface area contributed by atoms with Crippen LogP contribution in [0.4, 0.5) is 14.5 Å². The first kappa shape index (κ1) is 19.1. The van der Waals surface area contributed by atoms with E-state index in [-0.39, 0.29) is 17.7 Å². The van der Waals surface area contributed by atoms with Gasteiger partial charge in [-0.1, -0.05) is 17.7 Å². The van der Waals surface area contributed by atoms with Crippen LogP contribution in [0.25, 0.3) is 0 Å². The third-order valence-corrected chi connectivity index (χ3v) is 4.09. The van der Waals surface area contributed by atoms with Crippen molar-refractivity contribution < 1.29 is 23.2 Å². The van der Waals surface area contributed by atoms with Gasteiger partial charge in [0.25, 0.3) is 5.91 Å². The number of alkyl halides is 2. The number of anilines is 1. The van der Waals surface area contributed by atoms with E-state index < -0.39 is 6.61 Å². The quantitative estimate of drug-likeness (QED) is 0.788. The molecule has 0 aromatic heterocycles. The van der Waals surface area contributed by atoms with E-state index in [2.05, 4.69) is 10.1 Å². The molecule has 25 heavy (non-hydrogen) atoms. The highest BCUT2D eigenvalue weighted by Gasteiger charge is 2.22. The third-order valence-electron chi connectivity index (χ3n) is 3.86. The van der Waals surface area contributed by atoms with Gasteiger partial charge in [0.2, 0.25) is 0 Å². The summed E-state index contributed by atoms with van der Waals surface area (Å²) in [7, 11) is 1.89. The number of halogens is 3. The summed E-state index contributed by atoms with van der Waals surface area (Å²) in [6.07, 6.45) is 0. The van der Waals surface area contributed by atoms with Crippen molar-refractivity contribution in [1.29, 1.82) is 0 Å². The Kier molecular flexibility index (Phi) is 6.73. The second-order valence-corrected chi connectivity index (χ2v) is 6.20. The molecule has 0 aliphatic heterocycles. The summed E-state index contributed by atoms with van der Waals surface area (Å²) in [6.45, 7) is -0.447. The summed E-state index contributed by atoms with van der Waals surface area (Å²) in [5.41, 5.74) is 1.56. The number of ether oxygens (including phenoxy) is 1. The fraction of sp³-hybridized carbons (Fsp3) is 0.278. The SMILES string of the molecule is C[C@H](C(=O)Nc1cccc(Cl)c1)[NH+](C)Cc1ccc(OC(F)F)cc1. The molecule has 2 N–H and O–H groups in total. The molecule has 0 heterocycles. The molecule has 2 aromatic carbocycles. The molecule has 1 unspecified atom stereocenters. The third kappa shape index (κ3) is 5.99. The van der Waals surface area contributed by atoms with E-state index >= 15 is 0 Å². The standard InChI is InChI=1S/C18H19ClF2N2O2/c1-12(17(24)22-15-5-3-4-14(19)10-15)23(2)11-13-6-8-16(9-7-13)25-18(20)21/h3-10,12,18H,11H2,1-2H3,(H,22,24)/p+1/t12-/m1/s1. The van der Waals surface area contributed by atoms with Crippen molar-refractivity contribution in [3.8, 4) is 5.75 Å². The number of hydrogen-bond acceptors (Lipinski definition) is 2. The van der Waals surface area contributed by atoms with Crippen LogP contribution in [-0.2, 0) is 11.3 Å². The minimum Gasteiger partial charge on any atom is -0.435 e. The molecule has 0 saturated carbocycles. The summed E-state index contributed by atoms with van der Waals surface area (Å²) in [6, 6.07) is 13.1. The lowest BCUT2D eigenvalue weighted by atomic mass is 10.1. The van der Waals surface area contributed by atoms with Gasteiger partial charge in [-0.2, -0.15) is 8.78 Å². The summed E-state index contributed by atoms with van der Waals surface area (Å²) in [4.78, 5) is 13.3. The molecular formula is C18H20ClF2N2O2+. The van der Waals surface area contributed by atoms with Crippen molar-refractivity contribution in [3.05, 3.63) is 59.1 Å². The van der Waals surface area contributed by atoms with Crippen molar-refractivity contribution in [2.45, 2.75) is 26.1 Å². The Morgan fingerprint density at radius 3 is 2.52 bits per heavy atom. The number of nitrogens with one attached hydrogen (secondary N) is 2. The van der Waals surface area contributed by atoms with Gasteiger partial charge in [-0.3, -0.25) is 4.79 Å². The Hall–Kier alpha value is -2.18. The summed E-state index contributed by atoms with van der Waals surface area (Å²) in [5.74, 6) is -0.0134. The topological polar surface area (TPSA) is 42.8 Å². The summed E-state index contributed by atoms with van der Waals surface area (Å²) in [5, 5.41) is 3.39. The molecule has 2 rings (SSSR count). The molecule has 4 nitrogen and oxygen atoms in total. The zero-order valence-corrected chi connectivity index (χ0v) is 14.7.